The van der Waals surface area contributed by atoms with Gasteiger partial charge in [0, 0.05) is 17.8 Å². The third-order valence-electron chi connectivity index (χ3n) is 3.58. The van der Waals surface area contributed by atoms with Crippen molar-refractivity contribution in [2.45, 2.75) is 48.9 Å². The van der Waals surface area contributed by atoms with Gasteiger partial charge in [-0.2, -0.15) is 11.8 Å². The topological polar surface area (TPSA) is 72.2 Å². The molecule has 0 bridgehead atoms. The fraction of sp³-hybridized carbons (Fsp3) is 0.571. The van der Waals surface area contributed by atoms with Crippen LogP contribution in [-0.4, -0.2) is 25.5 Å². The van der Waals surface area contributed by atoms with Crippen molar-refractivity contribution in [2.75, 3.05) is 5.75 Å². The first-order valence-corrected chi connectivity index (χ1v) is 9.53. The summed E-state index contributed by atoms with van der Waals surface area (Å²) in [6.45, 7) is 2.46. The molecule has 1 saturated carbocycles. The van der Waals surface area contributed by atoms with Crippen LogP contribution in [0.5, 0.6) is 0 Å². The number of nitrogens with one attached hydrogen (secondary N) is 1. The zero-order valence-electron chi connectivity index (χ0n) is 11.7. The maximum Gasteiger partial charge on any atom is 0.240 e. The van der Waals surface area contributed by atoms with Gasteiger partial charge in [0.15, 0.2) is 0 Å². The molecule has 1 aliphatic carbocycles. The molecule has 0 aromatic heterocycles. The van der Waals surface area contributed by atoms with Crippen LogP contribution in [0.1, 0.15) is 31.7 Å². The van der Waals surface area contributed by atoms with Gasteiger partial charge in [0.05, 0.1) is 4.90 Å². The van der Waals surface area contributed by atoms with E-state index in [1.165, 1.54) is 0 Å². The van der Waals surface area contributed by atoms with Gasteiger partial charge in [0.25, 0.3) is 0 Å². The molecule has 20 heavy (non-hydrogen) atoms. The molecule has 0 saturated heterocycles. The number of hydrogen-bond acceptors (Lipinski definition) is 4. The average Bonchev–Trinajstić information content (AvgIpc) is 2.86. The Kier molecular flexibility index (Phi) is 5.49. The molecule has 112 valence electrons. The Bertz CT molecular complexity index is 546. The van der Waals surface area contributed by atoms with Crippen molar-refractivity contribution in [2.24, 2.45) is 5.73 Å². The van der Waals surface area contributed by atoms with Crippen LogP contribution < -0.4 is 10.5 Å². The van der Waals surface area contributed by atoms with Gasteiger partial charge >= 0.3 is 0 Å². The SMILES string of the molecule is CCSC1CCCC1NS(=O)(=O)c1cccc(CN)c1. The van der Waals surface area contributed by atoms with Crippen molar-refractivity contribution in [1.82, 2.24) is 4.72 Å². The summed E-state index contributed by atoms with van der Waals surface area (Å²) in [6, 6.07) is 6.90. The molecule has 0 spiro atoms. The van der Waals surface area contributed by atoms with Gasteiger partial charge in [-0.25, -0.2) is 13.1 Å². The van der Waals surface area contributed by atoms with Crippen molar-refractivity contribution < 1.29 is 8.42 Å². The summed E-state index contributed by atoms with van der Waals surface area (Å²) in [4.78, 5) is 0.313. The van der Waals surface area contributed by atoms with Crippen molar-refractivity contribution in [3.63, 3.8) is 0 Å². The van der Waals surface area contributed by atoms with Crippen LogP contribution in [0, 0.1) is 0 Å². The third kappa shape index (κ3) is 3.75. The van der Waals surface area contributed by atoms with Gasteiger partial charge in [-0.1, -0.05) is 25.5 Å². The van der Waals surface area contributed by atoms with Crippen LogP contribution in [0.2, 0.25) is 0 Å². The van der Waals surface area contributed by atoms with Crippen molar-refractivity contribution >= 4 is 21.8 Å². The minimum Gasteiger partial charge on any atom is -0.326 e. The van der Waals surface area contributed by atoms with E-state index in [2.05, 4.69) is 11.6 Å². The number of nitrogens with two attached hydrogens (primary N) is 1. The molecular weight excluding hydrogens is 292 g/mol. The highest BCUT2D eigenvalue weighted by atomic mass is 32.2. The predicted octanol–water partition coefficient (Wildman–Crippen LogP) is 2.10. The molecule has 6 heteroatoms. The summed E-state index contributed by atoms with van der Waals surface area (Å²) in [5.41, 5.74) is 6.40. The largest absolute Gasteiger partial charge is 0.326 e. The molecule has 1 aliphatic rings. The first-order chi connectivity index (χ1) is 9.56. The highest BCUT2D eigenvalue weighted by Gasteiger charge is 2.31. The van der Waals surface area contributed by atoms with E-state index in [1.54, 1.807) is 18.2 Å². The van der Waals surface area contributed by atoms with Crippen molar-refractivity contribution in [3.8, 4) is 0 Å². The second-order valence-electron chi connectivity index (χ2n) is 5.00. The number of benzene rings is 1. The Labute approximate surface area is 125 Å². The lowest BCUT2D eigenvalue weighted by Gasteiger charge is -2.20. The number of rotatable bonds is 6. The van der Waals surface area contributed by atoms with Gasteiger partial charge in [-0.15, -0.1) is 0 Å². The van der Waals surface area contributed by atoms with Gasteiger partial charge in [0.1, 0.15) is 0 Å². The van der Waals surface area contributed by atoms with E-state index in [9.17, 15) is 8.42 Å². The molecule has 2 atom stereocenters. The van der Waals surface area contributed by atoms with Crippen LogP contribution in [0.15, 0.2) is 29.2 Å². The van der Waals surface area contributed by atoms with E-state index >= 15 is 0 Å². The Morgan fingerprint density at radius 2 is 2.20 bits per heavy atom. The van der Waals surface area contributed by atoms with Crippen molar-refractivity contribution in [3.05, 3.63) is 29.8 Å². The summed E-state index contributed by atoms with van der Waals surface area (Å²) in [5, 5.41) is 0.396. The fourth-order valence-corrected chi connectivity index (χ4v) is 5.25. The van der Waals surface area contributed by atoms with Gasteiger partial charge in [-0.3, -0.25) is 0 Å². The highest BCUT2D eigenvalue weighted by Crippen LogP contribution is 2.30. The summed E-state index contributed by atoms with van der Waals surface area (Å²) in [5.74, 6) is 1.02. The van der Waals surface area contributed by atoms with Crippen LogP contribution in [0.25, 0.3) is 0 Å². The molecule has 0 heterocycles. The predicted molar refractivity (Wildman–Crippen MR) is 84.2 cm³/mol. The van der Waals surface area contributed by atoms with Crippen LogP contribution in [0.3, 0.4) is 0 Å². The minimum absolute atomic E-state index is 0.0477. The lowest BCUT2D eigenvalue weighted by atomic mass is 10.2. The normalized spacial score (nSPS) is 23.1. The van der Waals surface area contributed by atoms with E-state index < -0.39 is 10.0 Å². The second kappa shape index (κ2) is 6.93. The minimum atomic E-state index is -3.45. The highest BCUT2D eigenvalue weighted by molar-refractivity contribution is 8.00. The molecule has 3 N–H and O–H groups in total. The van der Waals surface area contributed by atoms with E-state index in [1.807, 2.05) is 17.8 Å². The lowest BCUT2D eigenvalue weighted by molar-refractivity contribution is 0.555. The number of hydrogen-bond donors (Lipinski definition) is 2. The molecule has 4 nitrogen and oxygen atoms in total. The lowest BCUT2D eigenvalue weighted by Crippen LogP contribution is -2.38. The van der Waals surface area contributed by atoms with Crippen LogP contribution in [0.4, 0.5) is 0 Å². The van der Waals surface area contributed by atoms with Gasteiger partial charge in [-0.05, 0) is 36.3 Å². The molecular formula is C14H22N2O2S2. The fourth-order valence-electron chi connectivity index (χ4n) is 2.58. The summed E-state index contributed by atoms with van der Waals surface area (Å²) in [6.07, 6.45) is 3.11. The summed E-state index contributed by atoms with van der Waals surface area (Å²) >= 11 is 1.84. The van der Waals surface area contributed by atoms with Crippen molar-refractivity contribution in [1.29, 1.82) is 0 Å². The first-order valence-electron chi connectivity index (χ1n) is 6.99. The van der Waals surface area contributed by atoms with Gasteiger partial charge in [0.2, 0.25) is 10.0 Å². The monoisotopic (exact) mass is 314 g/mol. The number of sulfonamides is 1. The summed E-state index contributed by atoms with van der Waals surface area (Å²) in [7, 11) is -3.45. The third-order valence-corrected chi connectivity index (χ3v) is 6.40. The molecule has 0 amide bonds. The second-order valence-corrected chi connectivity index (χ2v) is 8.23. The average molecular weight is 314 g/mol. The van der Waals surface area contributed by atoms with E-state index in [-0.39, 0.29) is 6.04 Å². The molecule has 2 unspecified atom stereocenters. The Balaban J connectivity index is 2.14. The van der Waals surface area contributed by atoms with Crippen LogP contribution >= 0.6 is 11.8 Å². The van der Waals surface area contributed by atoms with E-state index in [0.717, 1.165) is 30.6 Å². The standard InChI is InChI=1S/C14H22N2O2S2/c1-2-19-14-8-4-7-13(14)16-20(17,18)12-6-3-5-11(9-12)10-15/h3,5-6,9,13-14,16H,2,4,7-8,10,15H2,1H3. The molecule has 2 rings (SSSR count). The molecule has 0 aliphatic heterocycles. The van der Waals surface area contributed by atoms with E-state index in [4.69, 9.17) is 5.73 Å². The Morgan fingerprint density at radius 3 is 2.90 bits per heavy atom. The number of thioether (sulfide) groups is 1. The maximum absolute atomic E-state index is 12.4. The first kappa shape index (κ1) is 15.8. The van der Waals surface area contributed by atoms with E-state index in [0.29, 0.717) is 16.7 Å². The zero-order chi connectivity index (χ0) is 14.6. The quantitative estimate of drug-likeness (QED) is 0.843. The molecule has 1 aromatic rings. The molecule has 1 fully saturated rings. The van der Waals surface area contributed by atoms with Gasteiger partial charge < -0.3 is 5.73 Å². The Morgan fingerprint density at radius 1 is 1.40 bits per heavy atom. The summed E-state index contributed by atoms with van der Waals surface area (Å²) < 4.78 is 27.8. The van der Waals surface area contributed by atoms with Crippen LogP contribution in [-0.2, 0) is 16.6 Å². The molecule has 0 radical (unpaired) electrons. The zero-order valence-corrected chi connectivity index (χ0v) is 13.3. The Hall–Kier alpha value is -0.560. The molecule has 1 aromatic carbocycles. The maximum atomic E-state index is 12.4. The smallest absolute Gasteiger partial charge is 0.240 e.